The summed E-state index contributed by atoms with van der Waals surface area (Å²) in [6, 6.07) is 17.2. The van der Waals surface area contributed by atoms with E-state index >= 15 is 0 Å². The maximum absolute atomic E-state index is 13.1. The molecule has 0 spiro atoms. The van der Waals surface area contributed by atoms with Gasteiger partial charge in [-0.1, -0.05) is 24.3 Å². The van der Waals surface area contributed by atoms with E-state index in [0.29, 0.717) is 22.4 Å². The summed E-state index contributed by atoms with van der Waals surface area (Å²) in [6.45, 7) is 1.83. The fraction of sp³-hybridized carbons (Fsp3) is 0.0400. The molecule has 7 heteroatoms. The Morgan fingerprint density at radius 3 is 2.19 bits per heavy atom. The Kier molecular flexibility index (Phi) is 5.72. The van der Waals surface area contributed by atoms with Gasteiger partial charge in [0.1, 0.15) is 16.5 Å². The van der Waals surface area contributed by atoms with Gasteiger partial charge >= 0.3 is 0 Å². The average molecular weight is 427 g/mol. The Bertz CT molecular complexity index is 1550. The molecule has 0 radical (unpaired) electrons. The second-order valence-corrected chi connectivity index (χ2v) is 7.19. The molecule has 4 rings (SSSR count). The number of carbonyl (C=O) groups excluding carboxylic acids is 1. The van der Waals surface area contributed by atoms with Crippen molar-refractivity contribution in [1.29, 1.82) is 0 Å². The molecular formula is C25H18FN3O3. The zero-order chi connectivity index (χ0) is 22.7. The predicted molar refractivity (Wildman–Crippen MR) is 119 cm³/mol. The number of aromatic amines is 2. The van der Waals surface area contributed by atoms with Gasteiger partial charge in [-0.15, -0.1) is 0 Å². The second kappa shape index (κ2) is 8.77. The van der Waals surface area contributed by atoms with Gasteiger partial charge in [0.2, 0.25) is 0 Å². The maximum Gasteiger partial charge on any atom is 0.272 e. The van der Waals surface area contributed by atoms with Crippen LogP contribution in [0.5, 0.6) is 0 Å². The standard InChI is InChI=1S/C25H18FN3O3/c1-15-4-2-7-20(27-15)14-22-25(32)28-21(24(31)29-22)13-16-5-3-6-18(12-16)23(30)17-8-10-19(26)11-9-17/h2-14H,1H3,(H,28,32)(H,29,31). The molecule has 0 saturated heterocycles. The summed E-state index contributed by atoms with van der Waals surface area (Å²) in [4.78, 5) is 47.1. The molecule has 0 atom stereocenters. The summed E-state index contributed by atoms with van der Waals surface area (Å²) >= 11 is 0. The predicted octanol–water partition coefficient (Wildman–Crippen LogP) is 1.79. The van der Waals surface area contributed by atoms with Gasteiger partial charge in [0.05, 0.1) is 5.69 Å². The maximum atomic E-state index is 13.1. The number of halogens is 1. The third-order valence-corrected chi connectivity index (χ3v) is 4.75. The van der Waals surface area contributed by atoms with E-state index in [1.54, 1.807) is 30.3 Å². The van der Waals surface area contributed by atoms with Crippen molar-refractivity contribution in [1.82, 2.24) is 15.0 Å². The van der Waals surface area contributed by atoms with Crippen LogP contribution in [-0.2, 0) is 0 Å². The monoisotopic (exact) mass is 427 g/mol. The largest absolute Gasteiger partial charge is 0.316 e. The number of benzene rings is 2. The first-order chi connectivity index (χ1) is 15.4. The van der Waals surface area contributed by atoms with E-state index in [-0.39, 0.29) is 16.5 Å². The van der Waals surface area contributed by atoms with Crippen molar-refractivity contribution in [2.24, 2.45) is 0 Å². The topological polar surface area (TPSA) is 95.7 Å². The molecule has 0 amide bonds. The Morgan fingerprint density at radius 1 is 0.844 bits per heavy atom. The first-order valence-corrected chi connectivity index (χ1v) is 9.79. The lowest BCUT2D eigenvalue weighted by molar-refractivity contribution is 0.103. The quantitative estimate of drug-likeness (QED) is 0.486. The SMILES string of the molecule is Cc1cccc(C=c2[nH]c(=O)c(=Cc3cccc(C(=O)c4ccc(F)cc4)c3)[nH]c2=O)n1. The number of aromatic nitrogens is 3. The molecular weight excluding hydrogens is 409 g/mol. The number of rotatable bonds is 4. The number of aryl methyl sites for hydroxylation is 1. The minimum atomic E-state index is -0.487. The van der Waals surface area contributed by atoms with Crippen LogP contribution in [0.25, 0.3) is 12.2 Å². The third kappa shape index (κ3) is 4.67. The number of hydrogen-bond donors (Lipinski definition) is 2. The van der Waals surface area contributed by atoms with Crippen LogP contribution in [0.4, 0.5) is 4.39 Å². The van der Waals surface area contributed by atoms with Gasteiger partial charge in [-0.05, 0) is 67.1 Å². The third-order valence-electron chi connectivity index (χ3n) is 4.75. The van der Waals surface area contributed by atoms with Crippen molar-refractivity contribution in [3.05, 3.63) is 132 Å². The van der Waals surface area contributed by atoms with Gasteiger partial charge < -0.3 is 9.97 Å². The summed E-state index contributed by atoms with van der Waals surface area (Å²) < 4.78 is 13.1. The number of H-pyrrole nitrogens is 2. The summed E-state index contributed by atoms with van der Waals surface area (Å²) in [6.07, 6.45) is 2.98. The second-order valence-electron chi connectivity index (χ2n) is 7.19. The van der Waals surface area contributed by atoms with Crippen molar-refractivity contribution in [3.63, 3.8) is 0 Å². The Morgan fingerprint density at radius 2 is 1.50 bits per heavy atom. The first-order valence-electron chi connectivity index (χ1n) is 9.79. The van der Waals surface area contributed by atoms with E-state index < -0.39 is 16.9 Å². The van der Waals surface area contributed by atoms with Gasteiger partial charge in [-0.3, -0.25) is 19.4 Å². The number of ketones is 1. The minimum Gasteiger partial charge on any atom is -0.316 e. The Hall–Kier alpha value is -4.39. The van der Waals surface area contributed by atoms with Crippen LogP contribution in [0.3, 0.4) is 0 Å². The molecule has 2 aromatic heterocycles. The minimum absolute atomic E-state index is 0.0516. The van der Waals surface area contributed by atoms with E-state index in [1.165, 1.54) is 36.4 Å². The average Bonchev–Trinajstić information content (AvgIpc) is 2.77. The molecule has 0 aliphatic carbocycles. The molecule has 32 heavy (non-hydrogen) atoms. The summed E-state index contributed by atoms with van der Waals surface area (Å²) in [5, 5.41) is 0.140. The normalized spacial score (nSPS) is 12.2. The van der Waals surface area contributed by atoms with Crippen LogP contribution in [0.15, 0.2) is 76.3 Å². The van der Waals surface area contributed by atoms with Crippen molar-refractivity contribution in [2.45, 2.75) is 6.92 Å². The summed E-state index contributed by atoms with van der Waals surface area (Å²) in [5.41, 5.74) is 1.65. The van der Waals surface area contributed by atoms with Crippen LogP contribution in [-0.4, -0.2) is 20.7 Å². The van der Waals surface area contributed by atoms with Gasteiger partial charge in [0.25, 0.3) is 11.1 Å². The highest BCUT2D eigenvalue weighted by Gasteiger charge is 2.09. The highest BCUT2D eigenvalue weighted by Crippen LogP contribution is 2.13. The molecule has 0 aliphatic rings. The van der Waals surface area contributed by atoms with E-state index in [0.717, 1.165) is 5.69 Å². The van der Waals surface area contributed by atoms with Gasteiger partial charge in [-0.2, -0.15) is 0 Å². The Balaban J connectivity index is 1.72. The van der Waals surface area contributed by atoms with Gasteiger partial charge in [0, 0.05) is 16.8 Å². The zero-order valence-corrected chi connectivity index (χ0v) is 17.1. The number of nitrogens with one attached hydrogen (secondary N) is 2. The van der Waals surface area contributed by atoms with Crippen molar-refractivity contribution >= 4 is 17.9 Å². The van der Waals surface area contributed by atoms with Crippen LogP contribution in [0.2, 0.25) is 0 Å². The fourth-order valence-electron chi connectivity index (χ4n) is 3.19. The molecule has 2 heterocycles. The molecule has 0 unspecified atom stereocenters. The molecule has 6 nitrogen and oxygen atoms in total. The van der Waals surface area contributed by atoms with E-state index in [2.05, 4.69) is 15.0 Å². The number of carbonyl (C=O) groups is 1. The summed E-state index contributed by atoms with van der Waals surface area (Å²) in [7, 11) is 0. The van der Waals surface area contributed by atoms with Crippen LogP contribution < -0.4 is 21.8 Å². The highest BCUT2D eigenvalue weighted by atomic mass is 19.1. The molecule has 0 saturated carbocycles. The summed E-state index contributed by atoms with van der Waals surface area (Å²) in [5.74, 6) is -0.705. The zero-order valence-electron chi connectivity index (χ0n) is 17.1. The Labute approximate surface area is 181 Å². The number of hydrogen-bond acceptors (Lipinski definition) is 4. The van der Waals surface area contributed by atoms with Crippen LogP contribution in [0.1, 0.15) is 32.9 Å². The van der Waals surface area contributed by atoms with Crippen molar-refractivity contribution < 1.29 is 9.18 Å². The molecule has 2 N–H and O–H groups in total. The molecule has 0 bridgehead atoms. The highest BCUT2D eigenvalue weighted by molar-refractivity contribution is 6.09. The molecule has 0 aliphatic heterocycles. The van der Waals surface area contributed by atoms with Crippen molar-refractivity contribution in [2.75, 3.05) is 0 Å². The lowest BCUT2D eigenvalue weighted by Gasteiger charge is -2.02. The van der Waals surface area contributed by atoms with E-state index in [1.807, 2.05) is 19.1 Å². The van der Waals surface area contributed by atoms with Gasteiger partial charge in [-0.25, -0.2) is 4.39 Å². The van der Waals surface area contributed by atoms with Gasteiger partial charge in [0.15, 0.2) is 5.78 Å². The van der Waals surface area contributed by atoms with E-state index in [4.69, 9.17) is 0 Å². The molecule has 158 valence electrons. The van der Waals surface area contributed by atoms with Crippen LogP contribution >= 0.6 is 0 Å². The lowest BCUT2D eigenvalue weighted by atomic mass is 10.0. The fourth-order valence-corrected chi connectivity index (χ4v) is 3.19. The lowest BCUT2D eigenvalue weighted by Crippen LogP contribution is -2.46. The van der Waals surface area contributed by atoms with E-state index in [9.17, 15) is 18.8 Å². The molecule has 2 aromatic carbocycles. The first kappa shape index (κ1) is 20.9. The smallest absolute Gasteiger partial charge is 0.272 e. The number of pyridine rings is 1. The van der Waals surface area contributed by atoms with Crippen molar-refractivity contribution in [3.8, 4) is 0 Å². The van der Waals surface area contributed by atoms with Crippen LogP contribution in [0, 0.1) is 12.7 Å². The molecule has 0 fully saturated rings. The molecule has 4 aromatic rings. The number of nitrogens with zero attached hydrogens (tertiary/aromatic N) is 1.